The van der Waals surface area contributed by atoms with Crippen molar-refractivity contribution in [3.8, 4) is 0 Å². The molecule has 2 heterocycles. The van der Waals surface area contributed by atoms with Crippen molar-refractivity contribution in [1.29, 1.82) is 0 Å². The summed E-state index contributed by atoms with van der Waals surface area (Å²) in [5.41, 5.74) is 0.0239. The van der Waals surface area contributed by atoms with Crippen LogP contribution in [0.1, 0.15) is 60.8 Å². The molecular weight excluding hydrogens is 292 g/mol. The predicted octanol–water partition coefficient (Wildman–Crippen LogP) is 1.25. The van der Waals surface area contributed by atoms with Gasteiger partial charge in [0.25, 0.3) is 11.5 Å². The van der Waals surface area contributed by atoms with E-state index in [1.54, 1.807) is 0 Å². The van der Waals surface area contributed by atoms with Crippen LogP contribution >= 0.6 is 0 Å². The van der Waals surface area contributed by atoms with Crippen molar-refractivity contribution in [2.45, 2.75) is 50.5 Å². The smallest absolute Gasteiger partial charge is 0.270 e. The van der Waals surface area contributed by atoms with Crippen molar-refractivity contribution < 1.29 is 4.79 Å². The van der Waals surface area contributed by atoms with Crippen molar-refractivity contribution in [3.05, 3.63) is 27.9 Å². The van der Waals surface area contributed by atoms with Gasteiger partial charge in [-0.3, -0.25) is 9.59 Å². The normalized spacial score (nSPS) is 23.0. The van der Waals surface area contributed by atoms with Crippen LogP contribution in [-0.4, -0.2) is 46.5 Å². The molecule has 2 saturated carbocycles. The van der Waals surface area contributed by atoms with Crippen LogP contribution in [0.5, 0.6) is 0 Å². The predicted molar refractivity (Wildman–Crippen MR) is 86.5 cm³/mol. The van der Waals surface area contributed by atoms with Gasteiger partial charge in [-0.15, -0.1) is 0 Å². The van der Waals surface area contributed by atoms with Gasteiger partial charge in [0.05, 0.1) is 0 Å². The van der Waals surface area contributed by atoms with E-state index in [0.29, 0.717) is 24.2 Å². The van der Waals surface area contributed by atoms with E-state index < -0.39 is 0 Å². The number of likely N-dealkylation sites (tertiary alicyclic amines) is 1. The minimum absolute atomic E-state index is 0.220. The molecule has 1 saturated heterocycles. The minimum Gasteiger partial charge on any atom is -0.350 e. The van der Waals surface area contributed by atoms with Crippen molar-refractivity contribution in [3.63, 3.8) is 0 Å². The number of carbonyl (C=O) groups excluding carboxylic acids is 1. The quantitative estimate of drug-likeness (QED) is 0.857. The molecule has 0 spiro atoms. The van der Waals surface area contributed by atoms with E-state index in [4.69, 9.17) is 0 Å². The van der Waals surface area contributed by atoms with Crippen LogP contribution in [0.2, 0.25) is 0 Å². The Hall–Kier alpha value is -1.69. The zero-order valence-electron chi connectivity index (χ0n) is 13.4. The third-order valence-corrected chi connectivity index (χ3v) is 5.22. The largest absolute Gasteiger partial charge is 0.350 e. The van der Waals surface area contributed by atoms with Crippen molar-refractivity contribution in [2.75, 3.05) is 19.6 Å². The molecule has 0 radical (unpaired) electrons. The first-order valence-corrected chi connectivity index (χ1v) is 8.82. The van der Waals surface area contributed by atoms with E-state index in [9.17, 15) is 9.59 Å². The van der Waals surface area contributed by atoms with Crippen LogP contribution in [0.4, 0.5) is 0 Å². The molecule has 1 amide bonds. The molecule has 0 unspecified atom stereocenters. The highest BCUT2D eigenvalue weighted by Gasteiger charge is 2.32. The summed E-state index contributed by atoms with van der Waals surface area (Å²) in [6, 6.07) is 2.14. The van der Waals surface area contributed by atoms with Gasteiger partial charge in [0.2, 0.25) is 0 Å². The fraction of sp³-hybridized carbons (Fsp3) is 0.706. The third-order valence-electron chi connectivity index (χ3n) is 5.22. The molecule has 1 aromatic heterocycles. The zero-order valence-corrected chi connectivity index (χ0v) is 13.4. The van der Waals surface area contributed by atoms with Gasteiger partial charge in [-0.1, -0.05) is 0 Å². The lowest BCUT2D eigenvalue weighted by Crippen LogP contribution is -2.39. The number of nitrogens with one attached hydrogen (secondary N) is 2. The average Bonchev–Trinajstić information content (AvgIpc) is 3.44. The number of H-pyrrole nitrogens is 1. The molecule has 1 aromatic rings. The van der Waals surface area contributed by atoms with E-state index in [1.165, 1.54) is 18.9 Å². The second-order valence-electron chi connectivity index (χ2n) is 7.21. The lowest BCUT2D eigenvalue weighted by Gasteiger charge is -2.31. The maximum atomic E-state index is 12.3. The Morgan fingerprint density at radius 1 is 1.22 bits per heavy atom. The number of piperidine rings is 1. The van der Waals surface area contributed by atoms with E-state index >= 15 is 0 Å². The molecular formula is C17H24N4O2. The molecule has 2 N–H and O–H groups in total. The average molecular weight is 316 g/mol. The molecule has 1 aliphatic heterocycles. The first-order valence-electron chi connectivity index (χ1n) is 8.82. The SMILES string of the molecule is O=C(NCC1CCN(C2CC2)CC1)c1cc(=O)[nH]c(C2CC2)n1. The van der Waals surface area contributed by atoms with Crippen LogP contribution in [-0.2, 0) is 0 Å². The molecule has 2 aliphatic carbocycles. The number of carbonyl (C=O) groups is 1. The fourth-order valence-electron chi connectivity index (χ4n) is 3.43. The number of aromatic nitrogens is 2. The van der Waals surface area contributed by atoms with E-state index in [0.717, 1.165) is 44.8 Å². The van der Waals surface area contributed by atoms with Crippen molar-refractivity contribution in [2.24, 2.45) is 5.92 Å². The maximum absolute atomic E-state index is 12.3. The van der Waals surface area contributed by atoms with E-state index in [2.05, 4.69) is 20.2 Å². The Morgan fingerprint density at radius 2 is 1.96 bits per heavy atom. The molecule has 124 valence electrons. The van der Waals surface area contributed by atoms with E-state index in [-0.39, 0.29) is 17.2 Å². The van der Waals surface area contributed by atoms with Gasteiger partial charge in [0, 0.05) is 24.6 Å². The summed E-state index contributed by atoms with van der Waals surface area (Å²) in [4.78, 5) is 33.6. The van der Waals surface area contributed by atoms with Gasteiger partial charge < -0.3 is 15.2 Å². The second kappa shape index (κ2) is 6.07. The molecule has 0 aromatic carbocycles. The Balaban J connectivity index is 1.30. The van der Waals surface area contributed by atoms with Crippen LogP contribution < -0.4 is 10.9 Å². The van der Waals surface area contributed by atoms with Gasteiger partial charge in [-0.05, 0) is 57.5 Å². The summed E-state index contributed by atoms with van der Waals surface area (Å²) in [5, 5.41) is 2.97. The van der Waals surface area contributed by atoms with Gasteiger partial charge in [-0.2, -0.15) is 0 Å². The standard InChI is InChI=1S/C17H24N4O2/c22-15-9-14(19-16(20-15)12-1-2-12)17(23)18-10-11-5-7-21(8-6-11)13-3-4-13/h9,11-13H,1-8,10H2,(H,18,23)(H,19,20,22). The second-order valence-corrected chi connectivity index (χ2v) is 7.21. The van der Waals surface area contributed by atoms with Crippen molar-refractivity contribution >= 4 is 5.91 Å². The number of rotatable bonds is 5. The van der Waals surface area contributed by atoms with Gasteiger partial charge in [0.1, 0.15) is 11.5 Å². The Morgan fingerprint density at radius 3 is 2.61 bits per heavy atom. The monoisotopic (exact) mass is 316 g/mol. The highest BCUT2D eigenvalue weighted by Crippen LogP contribution is 2.37. The zero-order chi connectivity index (χ0) is 15.8. The van der Waals surface area contributed by atoms with Crippen LogP contribution in [0, 0.1) is 5.92 Å². The summed E-state index contributed by atoms with van der Waals surface area (Å²) in [6.45, 7) is 2.99. The first-order chi connectivity index (χ1) is 11.2. The van der Waals surface area contributed by atoms with Crippen LogP contribution in [0.3, 0.4) is 0 Å². The van der Waals surface area contributed by atoms with Gasteiger partial charge in [0.15, 0.2) is 0 Å². The molecule has 0 bridgehead atoms. The molecule has 4 rings (SSSR count). The summed E-state index contributed by atoms with van der Waals surface area (Å²) in [5.74, 6) is 1.32. The summed E-state index contributed by atoms with van der Waals surface area (Å²) in [6.07, 6.45) is 7.11. The topological polar surface area (TPSA) is 78.1 Å². The Kier molecular flexibility index (Phi) is 3.93. The number of nitrogens with zero attached hydrogens (tertiary/aromatic N) is 2. The molecule has 23 heavy (non-hydrogen) atoms. The number of hydrogen-bond donors (Lipinski definition) is 2. The van der Waals surface area contributed by atoms with Crippen LogP contribution in [0.15, 0.2) is 10.9 Å². The number of hydrogen-bond acceptors (Lipinski definition) is 4. The van der Waals surface area contributed by atoms with Gasteiger partial charge in [-0.25, -0.2) is 4.98 Å². The summed E-state index contributed by atoms with van der Waals surface area (Å²) < 4.78 is 0. The fourth-order valence-corrected chi connectivity index (χ4v) is 3.43. The highest BCUT2D eigenvalue weighted by atomic mass is 16.2. The lowest BCUT2D eigenvalue weighted by atomic mass is 9.96. The third kappa shape index (κ3) is 3.63. The Bertz CT molecular complexity index is 640. The molecule has 0 atom stereocenters. The molecule has 6 heteroatoms. The highest BCUT2D eigenvalue weighted by molar-refractivity contribution is 5.92. The number of amides is 1. The molecule has 6 nitrogen and oxygen atoms in total. The van der Waals surface area contributed by atoms with Crippen molar-refractivity contribution in [1.82, 2.24) is 20.2 Å². The first kappa shape index (κ1) is 14.9. The number of aromatic amines is 1. The maximum Gasteiger partial charge on any atom is 0.270 e. The molecule has 3 aliphatic rings. The Labute approximate surface area is 135 Å². The molecule has 3 fully saturated rings. The minimum atomic E-state index is -0.232. The lowest BCUT2D eigenvalue weighted by molar-refractivity contribution is 0.0929. The van der Waals surface area contributed by atoms with Gasteiger partial charge >= 0.3 is 0 Å². The van der Waals surface area contributed by atoms with E-state index in [1.807, 2.05) is 0 Å². The summed E-state index contributed by atoms with van der Waals surface area (Å²) in [7, 11) is 0. The van der Waals surface area contributed by atoms with Crippen LogP contribution in [0.25, 0.3) is 0 Å². The summed E-state index contributed by atoms with van der Waals surface area (Å²) >= 11 is 0.